The molecular weight excluding hydrogens is 216 g/mol. The van der Waals surface area contributed by atoms with Gasteiger partial charge in [-0.25, -0.2) is 8.42 Å². The van der Waals surface area contributed by atoms with Crippen molar-refractivity contribution in [3.8, 4) is 5.75 Å². The Morgan fingerprint density at radius 2 is 1.93 bits per heavy atom. The molecule has 0 radical (unpaired) electrons. The van der Waals surface area contributed by atoms with E-state index in [1.54, 1.807) is 13.8 Å². The molecule has 1 aromatic rings. The highest BCUT2D eigenvalue weighted by molar-refractivity contribution is 7.89. The molecule has 0 aliphatic carbocycles. The van der Waals surface area contributed by atoms with Crippen molar-refractivity contribution in [2.75, 3.05) is 13.1 Å². The second-order valence-electron chi connectivity index (χ2n) is 2.97. The van der Waals surface area contributed by atoms with Crippen molar-refractivity contribution in [2.24, 2.45) is 0 Å². The predicted molar refractivity (Wildman–Crippen MR) is 56.0 cm³/mol. The first-order chi connectivity index (χ1) is 7.02. The molecule has 0 amide bonds. The Morgan fingerprint density at radius 1 is 1.33 bits per heavy atom. The lowest BCUT2D eigenvalue weighted by atomic mass is 10.5. The first-order valence-electron chi connectivity index (χ1n) is 4.66. The summed E-state index contributed by atoms with van der Waals surface area (Å²) in [6.45, 7) is 4.32. The van der Waals surface area contributed by atoms with Crippen molar-refractivity contribution in [1.82, 2.24) is 9.29 Å². The molecule has 0 unspecified atom stereocenters. The maximum atomic E-state index is 11.9. The third-order valence-electron chi connectivity index (χ3n) is 2.04. The third kappa shape index (κ3) is 2.45. The standard InChI is InChI=1S/C9H14N2O3S/c1-3-11(4-2)15(13,14)9-5-8(12)6-10-7-9/h5-7,12H,3-4H2,1-2H3. The fraction of sp³-hybridized carbons (Fsp3) is 0.444. The summed E-state index contributed by atoms with van der Waals surface area (Å²) in [4.78, 5) is 3.67. The summed E-state index contributed by atoms with van der Waals surface area (Å²) in [7, 11) is -3.51. The van der Waals surface area contributed by atoms with Gasteiger partial charge in [0.05, 0.1) is 6.20 Å². The molecule has 0 saturated carbocycles. The van der Waals surface area contributed by atoms with E-state index in [1.165, 1.54) is 22.8 Å². The zero-order valence-corrected chi connectivity index (χ0v) is 9.53. The average molecular weight is 230 g/mol. The van der Waals surface area contributed by atoms with Crippen LogP contribution < -0.4 is 0 Å². The SMILES string of the molecule is CCN(CC)S(=O)(=O)c1cncc(O)c1. The van der Waals surface area contributed by atoms with Gasteiger partial charge in [0.25, 0.3) is 0 Å². The molecule has 1 heterocycles. The van der Waals surface area contributed by atoms with E-state index in [1.807, 2.05) is 0 Å². The van der Waals surface area contributed by atoms with E-state index >= 15 is 0 Å². The highest BCUT2D eigenvalue weighted by Gasteiger charge is 2.21. The Morgan fingerprint density at radius 3 is 2.40 bits per heavy atom. The number of rotatable bonds is 4. The van der Waals surface area contributed by atoms with Crippen LogP contribution in [0, 0.1) is 0 Å². The van der Waals surface area contributed by atoms with E-state index in [4.69, 9.17) is 5.11 Å². The summed E-state index contributed by atoms with van der Waals surface area (Å²) in [6, 6.07) is 1.20. The van der Waals surface area contributed by atoms with Crippen molar-refractivity contribution < 1.29 is 13.5 Å². The van der Waals surface area contributed by atoms with Gasteiger partial charge in [-0.3, -0.25) is 4.98 Å². The van der Waals surface area contributed by atoms with Crippen molar-refractivity contribution in [3.63, 3.8) is 0 Å². The largest absolute Gasteiger partial charge is 0.506 e. The molecule has 0 aliphatic rings. The Hall–Kier alpha value is -1.14. The van der Waals surface area contributed by atoms with Gasteiger partial charge >= 0.3 is 0 Å². The summed E-state index contributed by atoms with van der Waals surface area (Å²) in [6.07, 6.45) is 2.43. The molecule has 0 atom stereocenters. The van der Waals surface area contributed by atoms with Gasteiger partial charge in [-0.1, -0.05) is 13.8 Å². The topological polar surface area (TPSA) is 70.5 Å². The number of aromatic hydroxyl groups is 1. The number of pyridine rings is 1. The Kier molecular flexibility index (Phi) is 3.65. The van der Waals surface area contributed by atoms with Gasteiger partial charge in [0.1, 0.15) is 10.6 Å². The number of aromatic nitrogens is 1. The van der Waals surface area contributed by atoms with Crippen LogP contribution in [0.1, 0.15) is 13.8 Å². The van der Waals surface area contributed by atoms with E-state index < -0.39 is 10.0 Å². The van der Waals surface area contributed by atoms with Crippen molar-refractivity contribution in [3.05, 3.63) is 18.5 Å². The molecule has 6 heteroatoms. The monoisotopic (exact) mass is 230 g/mol. The van der Waals surface area contributed by atoms with Gasteiger partial charge in [0, 0.05) is 25.4 Å². The first-order valence-corrected chi connectivity index (χ1v) is 6.10. The molecule has 84 valence electrons. The van der Waals surface area contributed by atoms with Gasteiger partial charge in [-0.05, 0) is 0 Å². The average Bonchev–Trinajstić information content (AvgIpc) is 2.19. The Labute approximate surface area is 89.4 Å². The van der Waals surface area contributed by atoms with E-state index in [9.17, 15) is 8.42 Å². The minimum Gasteiger partial charge on any atom is -0.506 e. The predicted octanol–water partition coefficient (Wildman–Crippen LogP) is 0.818. The van der Waals surface area contributed by atoms with Crippen molar-refractivity contribution >= 4 is 10.0 Å². The number of sulfonamides is 1. The van der Waals surface area contributed by atoms with Crippen LogP contribution in [0.15, 0.2) is 23.4 Å². The number of nitrogens with zero attached hydrogens (tertiary/aromatic N) is 2. The summed E-state index contributed by atoms with van der Waals surface area (Å²) in [5, 5.41) is 9.16. The maximum absolute atomic E-state index is 11.9. The molecule has 1 aromatic heterocycles. The molecule has 0 aliphatic heterocycles. The minimum absolute atomic E-state index is 0.0196. The normalized spacial score (nSPS) is 11.9. The molecule has 0 fully saturated rings. The fourth-order valence-electron chi connectivity index (χ4n) is 1.26. The molecule has 1 rings (SSSR count). The van der Waals surface area contributed by atoms with Crippen molar-refractivity contribution in [2.45, 2.75) is 18.7 Å². The van der Waals surface area contributed by atoms with Gasteiger partial charge in [0.2, 0.25) is 10.0 Å². The van der Waals surface area contributed by atoms with Crippen LogP contribution in [-0.4, -0.2) is 35.9 Å². The second kappa shape index (κ2) is 4.59. The molecule has 15 heavy (non-hydrogen) atoms. The van der Waals surface area contributed by atoms with Crippen molar-refractivity contribution in [1.29, 1.82) is 0 Å². The second-order valence-corrected chi connectivity index (χ2v) is 4.91. The summed E-state index contributed by atoms with van der Waals surface area (Å²) < 4.78 is 25.2. The smallest absolute Gasteiger partial charge is 0.244 e. The maximum Gasteiger partial charge on any atom is 0.244 e. The number of hydrogen-bond donors (Lipinski definition) is 1. The molecule has 0 bridgehead atoms. The molecule has 0 spiro atoms. The zero-order valence-electron chi connectivity index (χ0n) is 8.71. The fourth-order valence-corrected chi connectivity index (χ4v) is 2.70. The zero-order chi connectivity index (χ0) is 11.5. The van der Waals surface area contributed by atoms with Crippen LogP contribution in [0.25, 0.3) is 0 Å². The molecule has 1 N–H and O–H groups in total. The van der Waals surface area contributed by atoms with Crippen LogP contribution in [0.5, 0.6) is 5.75 Å². The van der Waals surface area contributed by atoms with Crippen LogP contribution >= 0.6 is 0 Å². The third-order valence-corrected chi connectivity index (χ3v) is 4.06. The van der Waals surface area contributed by atoms with Crippen LogP contribution in [0.2, 0.25) is 0 Å². The van der Waals surface area contributed by atoms with E-state index in [0.717, 1.165) is 0 Å². The molecule has 0 saturated heterocycles. The van der Waals surface area contributed by atoms with Crippen LogP contribution in [-0.2, 0) is 10.0 Å². The lowest BCUT2D eigenvalue weighted by Crippen LogP contribution is -2.30. The van der Waals surface area contributed by atoms with Crippen LogP contribution in [0.3, 0.4) is 0 Å². The van der Waals surface area contributed by atoms with Gasteiger partial charge in [-0.2, -0.15) is 4.31 Å². The quantitative estimate of drug-likeness (QED) is 0.831. The van der Waals surface area contributed by atoms with E-state index in [2.05, 4.69) is 4.98 Å². The lowest BCUT2D eigenvalue weighted by molar-refractivity contribution is 0.441. The Balaban J connectivity index is 3.16. The van der Waals surface area contributed by atoms with Gasteiger partial charge < -0.3 is 5.11 Å². The molecule has 0 aromatic carbocycles. The number of hydrogen-bond acceptors (Lipinski definition) is 4. The highest BCUT2D eigenvalue weighted by atomic mass is 32.2. The van der Waals surface area contributed by atoms with E-state index in [-0.39, 0.29) is 10.6 Å². The summed E-state index contributed by atoms with van der Waals surface area (Å²) in [5.41, 5.74) is 0. The molecule has 5 nitrogen and oxygen atoms in total. The minimum atomic E-state index is -3.51. The van der Waals surface area contributed by atoms with Gasteiger partial charge in [-0.15, -0.1) is 0 Å². The first kappa shape index (κ1) is 11.9. The summed E-state index contributed by atoms with van der Waals surface area (Å²) >= 11 is 0. The molecular formula is C9H14N2O3S. The van der Waals surface area contributed by atoms with Crippen LogP contribution in [0.4, 0.5) is 0 Å². The van der Waals surface area contributed by atoms with E-state index in [0.29, 0.717) is 13.1 Å². The Bertz CT molecular complexity index is 427. The lowest BCUT2D eigenvalue weighted by Gasteiger charge is -2.17. The highest BCUT2D eigenvalue weighted by Crippen LogP contribution is 2.17. The summed E-state index contributed by atoms with van der Waals surface area (Å²) in [5.74, 6) is -0.150. The van der Waals surface area contributed by atoms with Gasteiger partial charge in [0.15, 0.2) is 0 Å².